The van der Waals surface area contributed by atoms with Gasteiger partial charge in [0, 0.05) is 23.7 Å². The molecule has 1 saturated heterocycles. The van der Waals surface area contributed by atoms with Crippen molar-refractivity contribution in [2.75, 3.05) is 29.6 Å². The SMILES string of the molecule is Nc1ccc2c(c1)SCN2C1(N2CCCCC2)CCC1. The maximum absolute atomic E-state index is 5.93. The topological polar surface area (TPSA) is 32.5 Å². The molecule has 108 valence electrons. The van der Waals surface area contributed by atoms with Crippen molar-refractivity contribution in [3.8, 4) is 0 Å². The normalized spacial score (nSPS) is 25.3. The standard InChI is InChI=1S/C16H23N3S/c17-13-5-6-14-15(11-13)20-12-19(14)16(7-4-8-16)18-9-2-1-3-10-18/h5-6,11H,1-4,7-10,12,17H2. The molecule has 1 aliphatic carbocycles. The van der Waals surface area contributed by atoms with E-state index in [9.17, 15) is 0 Å². The smallest absolute Gasteiger partial charge is 0.0941 e. The number of nitrogens with zero attached hydrogens (tertiary/aromatic N) is 2. The Balaban J connectivity index is 1.66. The van der Waals surface area contributed by atoms with E-state index in [-0.39, 0.29) is 0 Å². The predicted molar refractivity (Wildman–Crippen MR) is 86.1 cm³/mol. The number of nitrogens with two attached hydrogens (primary N) is 1. The van der Waals surface area contributed by atoms with Crippen LogP contribution in [0.1, 0.15) is 38.5 Å². The van der Waals surface area contributed by atoms with Gasteiger partial charge in [-0.1, -0.05) is 6.42 Å². The third-order valence-electron chi connectivity index (χ3n) is 5.23. The third kappa shape index (κ3) is 1.85. The molecule has 2 aliphatic heterocycles. The average Bonchev–Trinajstić information content (AvgIpc) is 2.82. The summed E-state index contributed by atoms with van der Waals surface area (Å²) in [5, 5.41) is 0. The molecule has 1 aromatic carbocycles. The first-order valence-corrected chi connectivity index (χ1v) is 8.83. The van der Waals surface area contributed by atoms with Gasteiger partial charge in [-0.2, -0.15) is 0 Å². The van der Waals surface area contributed by atoms with Gasteiger partial charge in [-0.3, -0.25) is 4.90 Å². The number of anilines is 2. The lowest BCUT2D eigenvalue weighted by molar-refractivity contribution is 0.00230. The maximum atomic E-state index is 5.93. The molecule has 0 bridgehead atoms. The molecule has 0 amide bonds. The predicted octanol–water partition coefficient (Wildman–Crippen LogP) is 3.50. The highest BCUT2D eigenvalue weighted by atomic mass is 32.2. The number of fused-ring (bicyclic) bond motifs is 1. The fourth-order valence-corrected chi connectivity index (χ4v) is 5.17. The van der Waals surface area contributed by atoms with Crippen LogP contribution in [0.3, 0.4) is 0 Å². The van der Waals surface area contributed by atoms with E-state index in [0.717, 1.165) is 11.6 Å². The summed E-state index contributed by atoms with van der Waals surface area (Å²) in [5.41, 5.74) is 8.55. The molecule has 2 N–H and O–H groups in total. The van der Waals surface area contributed by atoms with Crippen LogP contribution in [0.2, 0.25) is 0 Å². The Morgan fingerprint density at radius 2 is 1.85 bits per heavy atom. The first-order valence-electron chi connectivity index (χ1n) is 7.85. The van der Waals surface area contributed by atoms with Crippen molar-refractivity contribution in [1.29, 1.82) is 0 Å². The van der Waals surface area contributed by atoms with E-state index in [4.69, 9.17) is 5.73 Å². The number of rotatable bonds is 2. The van der Waals surface area contributed by atoms with Crippen LogP contribution in [-0.4, -0.2) is 29.5 Å². The van der Waals surface area contributed by atoms with Crippen molar-refractivity contribution >= 4 is 23.1 Å². The van der Waals surface area contributed by atoms with Crippen molar-refractivity contribution in [2.24, 2.45) is 0 Å². The van der Waals surface area contributed by atoms with Crippen LogP contribution in [0.5, 0.6) is 0 Å². The zero-order chi connectivity index (χ0) is 13.6. The summed E-state index contributed by atoms with van der Waals surface area (Å²) in [6, 6.07) is 6.43. The molecule has 1 aromatic rings. The number of likely N-dealkylation sites (tertiary alicyclic amines) is 1. The highest BCUT2D eigenvalue weighted by molar-refractivity contribution is 7.99. The van der Waals surface area contributed by atoms with Gasteiger partial charge in [0.15, 0.2) is 0 Å². The van der Waals surface area contributed by atoms with Gasteiger partial charge in [0.2, 0.25) is 0 Å². The van der Waals surface area contributed by atoms with Crippen molar-refractivity contribution in [3.05, 3.63) is 18.2 Å². The molecule has 4 heteroatoms. The summed E-state index contributed by atoms with van der Waals surface area (Å²) in [6.45, 7) is 2.57. The highest BCUT2D eigenvalue weighted by Gasteiger charge is 2.49. The van der Waals surface area contributed by atoms with Gasteiger partial charge in [-0.05, 0) is 50.3 Å². The molecule has 2 heterocycles. The second-order valence-corrected chi connectivity index (χ2v) is 7.30. The summed E-state index contributed by atoms with van der Waals surface area (Å²) >= 11 is 1.95. The molecule has 0 atom stereocenters. The second kappa shape index (κ2) is 4.85. The fourth-order valence-electron chi connectivity index (χ4n) is 3.98. The highest BCUT2D eigenvalue weighted by Crippen LogP contribution is 2.51. The minimum atomic E-state index is 0.314. The molecule has 20 heavy (non-hydrogen) atoms. The molecule has 3 aliphatic rings. The number of piperidine rings is 1. The summed E-state index contributed by atoms with van der Waals surface area (Å²) in [6.07, 6.45) is 8.19. The Bertz CT molecular complexity index is 506. The van der Waals surface area contributed by atoms with Crippen LogP contribution in [0.4, 0.5) is 11.4 Å². The van der Waals surface area contributed by atoms with Crippen molar-refractivity contribution in [1.82, 2.24) is 4.90 Å². The largest absolute Gasteiger partial charge is 0.399 e. The molecule has 0 spiro atoms. The molecular formula is C16H23N3S. The number of hydrogen-bond donors (Lipinski definition) is 1. The first kappa shape index (κ1) is 12.8. The van der Waals surface area contributed by atoms with Crippen LogP contribution >= 0.6 is 11.8 Å². The number of hydrogen-bond acceptors (Lipinski definition) is 4. The lowest BCUT2D eigenvalue weighted by Gasteiger charge is -2.57. The zero-order valence-electron chi connectivity index (χ0n) is 12.0. The van der Waals surface area contributed by atoms with E-state index in [1.165, 1.54) is 62.2 Å². The average molecular weight is 289 g/mol. The van der Waals surface area contributed by atoms with Crippen LogP contribution in [0, 0.1) is 0 Å². The fraction of sp³-hybridized carbons (Fsp3) is 0.625. The lowest BCUT2D eigenvalue weighted by atomic mass is 9.80. The minimum Gasteiger partial charge on any atom is -0.399 e. The Kier molecular flexibility index (Phi) is 3.11. The molecule has 0 aromatic heterocycles. The van der Waals surface area contributed by atoms with Crippen LogP contribution in [0.15, 0.2) is 23.1 Å². The van der Waals surface area contributed by atoms with Gasteiger partial charge < -0.3 is 10.6 Å². The minimum absolute atomic E-state index is 0.314. The van der Waals surface area contributed by atoms with E-state index in [0.29, 0.717) is 5.66 Å². The molecule has 4 rings (SSSR count). The summed E-state index contributed by atoms with van der Waals surface area (Å²) in [4.78, 5) is 6.81. The van der Waals surface area contributed by atoms with Gasteiger partial charge >= 0.3 is 0 Å². The first-order chi connectivity index (χ1) is 9.79. The van der Waals surface area contributed by atoms with Gasteiger partial charge in [0.25, 0.3) is 0 Å². The lowest BCUT2D eigenvalue weighted by Crippen LogP contribution is -2.65. The number of thioether (sulfide) groups is 1. The molecular weight excluding hydrogens is 266 g/mol. The third-order valence-corrected chi connectivity index (χ3v) is 6.25. The van der Waals surface area contributed by atoms with E-state index in [1.807, 2.05) is 11.8 Å². The quantitative estimate of drug-likeness (QED) is 0.845. The zero-order valence-corrected chi connectivity index (χ0v) is 12.8. The summed E-state index contributed by atoms with van der Waals surface area (Å²) in [7, 11) is 0. The van der Waals surface area contributed by atoms with Crippen molar-refractivity contribution in [3.63, 3.8) is 0 Å². The second-order valence-electron chi connectivity index (χ2n) is 6.31. The molecule has 0 radical (unpaired) electrons. The molecule has 2 fully saturated rings. The van der Waals surface area contributed by atoms with Gasteiger partial charge in [0.1, 0.15) is 0 Å². The van der Waals surface area contributed by atoms with Crippen molar-refractivity contribution < 1.29 is 0 Å². The van der Waals surface area contributed by atoms with E-state index >= 15 is 0 Å². The van der Waals surface area contributed by atoms with Gasteiger partial charge in [-0.15, -0.1) is 11.8 Å². The monoisotopic (exact) mass is 289 g/mol. The maximum Gasteiger partial charge on any atom is 0.0941 e. The van der Waals surface area contributed by atoms with E-state index < -0.39 is 0 Å². The molecule has 3 nitrogen and oxygen atoms in total. The summed E-state index contributed by atoms with van der Waals surface area (Å²) < 4.78 is 0. The van der Waals surface area contributed by atoms with E-state index in [1.54, 1.807) is 0 Å². The Hall–Kier alpha value is -0.870. The van der Waals surface area contributed by atoms with Crippen LogP contribution in [-0.2, 0) is 0 Å². The van der Waals surface area contributed by atoms with Crippen LogP contribution < -0.4 is 10.6 Å². The molecule has 0 unspecified atom stereocenters. The molecule has 1 saturated carbocycles. The Morgan fingerprint density at radius 3 is 2.55 bits per heavy atom. The van der Waals surface area contributed by atoms with Crippen LogP contribution in [0.25, 0.3) is 0 Å². The number of nitrogen functional groups attached to an aromatic ring is 1. The Morgan fingerprint density at radius 1 is 1.05 bits per heavy atom. The Labute approximate surface area is 125 Å². The van der Waals surface area contributed by atoms with Gasteiger partial charge in [-0.25, -0.2) is 0 Å². The van der Waals surface area contributed by atoms with Crippen molar-refractivity contribution in [2.45, 2.75) is 49.1 Å². The van der Waals surface area contributed by atoms with E-state index in [2.05, 4.69) is 28.0 Å². The summed E-state index contributed by atoms with van der Waals surface area (Å²) in [5.74, 6) is 1.09. The van der Waals surface area contributed by atoms with Gasteiger partial charge in [0.05, 0.1) is 17.2 Å². The number of benzene rings is 1.